The number of nitrogens with two attached hydrogens (primary N) is 1. The molecule has 13 nitrogen and oxygen atoms in total. The van der Waals surface area contributed by atoms with Crippen molar-refractivity contribution in [3.8, 4) is 16.9 Å². The Kier molecular flexibility index (Phi) is 11.5. The molecule has 4 N–H and O–H groups in total. The van der Waals surface area contributed by atoms with E-state index in [2.05, 4.69) is 30.3 Å². The molecular formula is C43H49F2N9O4. The number of hydrogen-bond acceptors (Lipinski definition) is 10. The molecule has 0 radical (unpaired) electrons. The minimum Gasteiger partial charge on any atom is -0.374 e. The fraction of sp³-hybridized carbons (Fsp3) is 0.442. The standard InChI is InChI=1S/C43H49F2N9O4/c44-34-25-29(48-36-16-18-38(55)49-42(36)58)9-17-37(34)52-22-20-51(21-23-52)30-12-14-32(15-13-30)54(31-10-7-27(8-11-31)41(46)57)43-47-26-35(45)40(50-43)28-4-3-5-33(24-28)53-19-2-1-6-39(53)56/h1-6,9,17,19,24-27,30-32,36,48H,7-8,10-16,18,20-23H2,(H2,46,57)(H,49,55,58)/t27?,30?,31?,32?,36-/m1/s1. The van der Waals surface area contributed by atoms with Gasteiger partial charge in [0.05, 0.1) is 11.9 Å². The number of nitrogens with one attached hydrogen (secondary N) is 2. The molecule has 2 saturated carbocycles. The number of imide groups is 1. The van der Waals surface area contributed by atoms with Crippen LogP contribution in [0.1, 0.15) is 64.2 Å². The lowest BCUT2D eigenvalue weighted by molar-refractivity contribution is -0.133. The van der Waals surface area contributed by atoms with Gasteiger partial charge in [-0.15, -0.1) is 0 Å². The van der Waals surface area contributed by atoms with Gasteiger partial charge in [-0.2, -0.15) is 0 Å². The highest BCUT2D eigenvalue weighted by atomic mass is 19.1. The fourth-order valence-electron chi connectivity index (χ4n) is 9.31. The van der Waals surface area contributed by atoms with Crippen molar-refractivity contribution < 1.29 is 23.2 Å². The van der Waals surface area contributed by atoms with Crippen LogP contribution in [0, 0.1) is 17.6 Å². The predicted molar refractivity (Wildman–Crippen MR) is 216 cm³/mol. The summed E-state index contributed by atoms with van der Waals surface area (Å²) in [6.07, 6.45) is 10.1. The van der Waals surface area contributed by atoms with Crippen molar-refractivity contribution in [2.75, 3.05) is 41.3 Å². The summed E-state index contributed by atoms with van der Waals surface area (Å²) in [7, 11) is 0. The average molecular weight is 794 g/mol. The van der Waals surface area contributed by atoms with E-state index >= 15 is 8.78 Å². The Morgan fingerprint density at radius 3 is 2.26 bits per heavy atom. The Hall–Kier alpha value is -5.70. The maximum Gasteiger partial charge on any atom is 0.255 e. The van der Waals surface area contributed by atoms with Crippen molar-refractivity contribution in [1.29, 1.82) is 0 Å². The van der Waals surface area contributed by atoms with Crippen LogP contribution in [-0.2, 0) is 14.4 Å². The molecule has 0 spiro atoms. The zero-order chi connectivity index (χ0) is 40.3. The molecule has 1 atom stereocenters. The second-order valence-electron chi connectivity index (χ2n) is 15.9. The van der Waals surface area contributed by atoms with Gasteiger partial charge < -0.3 is 20.9 Å². The van der Waals surface area contributed by atoms with E-state index in [1.807, 2.05) is 0 Å². The minimum atomic E-state index is -0.580. The molecule has 4 heterocycles. The van der Waals surface area contributed by atoms with E-state index in [9.17, 15) is 19.2 Å². The molecule has 0 bridgehead atoms. The number of amides is 3. The van der Waals surface area contributed by atoms with Crippen molar-refractivity contribution >= 4 is 35.0 Å². The number of rotatable bonds is 10. The van der Waals surface area contributed by atoms with Gasteiger partial charge in [-0.05, 0) is 94.2 Å². The van der Waals surface area contributed by atoms with Crippen LogP contribution in [0.5, 0.6) is 0 Å². The van der Waals surface area contributed by atoms with E-state index in [0.717, 1.165) is 51.6 Å². The number of piperazine rings is 1. The second-order valence-corrected chi connectivity index (χ2v) is 15.9. The number of pyridine rings is 1. The highest BCUT2D eigenvalue weighted by Gasteiger charge is 2.37. The number of nitrogens with zero attached hydrogens (tertiary/aromatic N) is 6. The van der Waals surface area contributed by atoms with Crippen LogP contribution in [0.15, 0.2) is 77.9 Å². The molecule has 2 saturated heterocycles. The first-order valence-corrected chi connectivity index (χ1v) is 20.4. The number of aromatic nitrogens is 3. The number of hydrogen-bond donors (Lipinski definition) is 3. The maximum atomic E-state index is 15.6. The number of benzene rings is 2. The normalized spacial score (nSPS) is 24.2. The summed E-state index contributed by atoms with van der Waals surface area (Å²) in [4.78, 5) is 64.6. The molecule has 2 aromatic heterocycles. The van der Waals surface area contributed by atoms with E-state index < -0.39 is 17.8 Å². The van der Waals surface area contributed by atoms with Gasteiger partial charge in [0.25, 0.3) is 5.56 Å². The van der Waals surface area contributed by atoms with Gasteiger partial charge >= 0.3 is 0 Å². The lowest BCUT2D eigenvalue weighted by Gasteiger charge is -2.46. The van der Waals surface area contributed by atoms with Crippen LogP contribution in [0.3, 0.4) is 0 Å². The Bertz CT molecular complexity index is 2210. The molecule has 4 aromatic rings. The third-order valence-corrected chi connectivity index (χ3v) is 12.4. The number of piperidine rings is 1. The summed E-state index contributed by atoms with van der Waals surface area (Å²) in [6, 6.07) is 16.9. The molecule has 0 unspecified atom stereocenters. The molecular weight excluding hydrogens is 745 g/mol. The molecule has 2 aromatic carbocycles. The van der Waals surface area contributed by atoms with E-state index in [4.69, 9.17) is 10.7 Å². The summed E-state index contributed by atoms with van der Waals surface area (Å²) < 4.78 is 32.5. The first kappa shape index (κ1) is 39.1. The number of carbonyl (C=O) groups excluding carboxylic acids is 3. The highest BCUT2D eigenvalue weighted by Crippen LogP contribution is 2.37. The van der Waals surface area contributed by atoms with Gasteiger partial charge in [-0.1, -0.05) is 18.2 Å². The largest absolute Gasteiger partial charge is 0.374 e. The summed E-state index contributed by atoms with van der Waals surface area (Å²) >= 11 is 0. The van der Waals surface area contributed by atoms with Gasteiger partial charge in [0.1, 0.15) is 17.6 Å². The maximum absolute atomic E-state index is 15.6. The smallest absolute Gasteiger partial charge is 0.255 e. The van der Waals surface area contributed by atoms with Gasteiger partial charge in [0, 0.05) is 85.8 Å². The van der Waals surface area contributed by atoms with Crippen molar-refractivity contribution in [2.45, 2.75) is 88.4 Å². The molecule has 15 heteroatoms. The first-order valence-electron chi connectivity index (χ1n) is 20.4. The Morgan fingerprint density at radius 2 is 1.57 bits per heavy atom. The summed E-state index contributed by atoms with van der Waals surface area (Å²) in [5, 5.41) is 5.38. The number of carbonyl (C=O) groups is 3. The average Bonchev–Trinajstić information content (AvgIpc) is 3.23. The Balaban J connectivity index is 0.939. The molecule has 2 aliphatic carbocycles. The minimum absolute atomic E-state index is 0.0637. The molecule has 8 rings (SSSR count). The van der Waals surface area contributed by atoms with Crippen LogP contribution in [0.4, 0.5) is 26.1 Å². The Labute approximate surface area is 335 Å². The second kappa shape index (κ2) is 17.0. The lowest BCUT2D eigenvalue weighted by Crippen LogP contribution is -2.54. The number of anilines is 3. The van der Waals surface area contributed by atoms with Crippen LogP contribution in [-0.4, -0.2) is 87.5 Å². The predicted octanol–water partition coefficient (Wildman–Crippen LogP) is 4.77. The van der Waals surface area contributed by atoms with Crippen molar-refractivity contribution in [2.24, 2.45) is 11.7 Å². The van der Waals surface area contributed by atoms with Crippen LogP contribution in [0.2, 0.25) is 0 Å². The van der Waals surface area contributed by atoms with Crippen molar-refractivity contribution in [3.05, 3.63) is 95.0 Å². The summed E-state index contributed by atoms with van der Waals surface area (Å²) in [5.41, 5.74) is 7.83. The lowest BCUT2D eigenvalue weighted by atomic mass is 9.82. The first-order chi connectivity index (χ1) is 28.1. The molecule has 58 heavy (non-hydrogen) atoms. The summed E-state index contributed by atoms with van der Waals surface area (Å²) in [5.74, 6) is -1.59. The zero-order valence-corrected chi connectivity index (χ0v) is 32.4. The highest BCUT2D eigenvalue weighted by molar-refractivity contribution is 6.01. The molecule has 2 aliphatic heterocycles. The quantitative estimate of drug-likeness (QED) is 0.191. The third kappa shape index (κ3) is 8.45. The van der Waals surface area contributed by atoms with Crippen LogP contribution in [0.25, 0.3) is 16.9 Å². The molecule has 4 fully saturated rings. The zero-order valence-electron chi connectivity index (χ0n) is 32.4. The topological polar surface area (TPSA) is 159 Å². The molecule has 304 valence electrons. The van der Waals surface area contributed by atoms with E-state index in [0.29, 0.717) is 67.0 Å². The van der Waals surface area contributed by atoms with E-state index in [-0.39, 0.29) is 53.3 Å². The van der Waals surface area contributed by atoms with Gasteiger partial charge in [-0.25, -0.2) is 18.7 Å². The summed E-state index contributed by atoms with van der Waals surface area (Å²) in [6.45, 7) is 2.95. The molecule has 4 aliphatic rings. The van der Waals surface area contributed by atoms with E-state index in [1.54, 1.807) is 54.7 Å². The van der Waals surface area contributed by atoms with Gasteiger partial charge in [0.2, 0.25) is 23.7 Å². The number of primary amides is 1. The fourth-order valence-corrected chi connectivity index (χ4v) is 9.31. The number of halogens is 2. The van der Waals surface area contributed by atoms with E-state index in [1.165, 1.54) is 22.9 Å². The van der Waals surface area contributed by atoms with Crippen LogP contribution < -0.4 is 31.7 Å². The van der Waals surface area contributed by atoms with Gasteiger partial charge in [-0.3, -0.25) is 34.0 Å². The van der Waals surface area contributed by atoms with Crippen molar-refractivity contribution in [1.82, 2.24) is 24.8 Å². The third-order valence-electron chi connectivity index (χ3n) is 12.4. The van der Waals surface area contributed by atoms with Crippen molar-refractivity contribution in [3.63, 3.8) is 0 Å². The van der Waals surface area contributed by atoms with Crippen LogP contribution >= 0.6 is 0 Å². The SMILES string of the molecule is NC(=O)C1CCC(N(c2ncc(F)c(-c3cccc(-n4ccccc4=O)c3)n2)C2CCC(N3CCN(c4ccc(N[C@@H]5CCC(=O)NC5=O)cc4F)CC3)CC2)CC1. The van der Waals surface area contributed by atoms with Gasteiger partial charge in [0.15, 0.2) is 5.82 Å². The monoisotopic (exact) mass is 793 g/mol. The molecule has 3 amide bonds. The Morgan fingerprint density at radius 1 is 0.828 bits per heavy atom.